The van der Waals surface area contributed by atoms with Crippen LogP contribution in [0.4, 0.5) is 13.2 Å². The first-order valence-corrected chi connectivity index (χ1v) is 7.13. The Bertz CT molecular complexity index is 753. The Morgan fingerprint density at radius 1 is 1.33 bits per heavy atom. The minimum atomic E-state index is -4.58. The molecule has 2 aromatic rings. The van der Waals surface area contributed by atoms with E-state index < -0.39 is 23.8 Å². The summed E-state index contributed by atoms with van der Waals surface area (Å²) in [4.78, 5) is 18.2. The van der Waals surface area contributed by atoms with Gasteiger partial charge in [-0.05, 0) is 0 Å². The summed E-state index contributed by atoms with van der Waals surface area (Å²) in [5.41, 5.74) is -1.24. The molecule has 1 fully saturated rings. The Labute approximate surface area is 134 Å². The summed E-state index contributed by atoms with van der Waals surface area (Å²) < 4.78 is 46.2. The third-order valence-electron chi connectivity index (χ3n) is 3.82. The zero-order valence-electron chi connectivity index (χ0n) is 13.0. The average molecular weight is 344 g/mol. The van der Waals surface area contributed by atoms with Crippen LogP contribution in [0.15, 0.2) is 12.4 Å². The van der Waals surface area contributed by atoms with Crippen LogP contribution in [0.3, 0.4) is 0 Å². The lowest BCUT2D eigenvalue weighted by Crippen LogP contribution is -2.44. The maximum Gasteiger partial charge on any atom is 0.433 e. The van der Waals surface area contributed by atoms with E-state index in [0.717, 1.165) is 13.1 Å². The number of carbonyl (C=O) groups excluding carboxylic acids is 1. The summed E-state index contributed by atoms with van der Waals surface area (Å²) in [6.07, 6.45) is -3.23. The van der Waals surface area contributed by atoms with Gasteiger partial charge in [0.1, 0.15) is 18.1 Å². The van der Waals surface area contributed by atoms with E-state index in [-0.39, 0.29) is 18.8 Å². The molecule has 24 heavy (non-hydrogen) atoms. The summed E-state index contributed by atoms with van der Waals surface area (Å²) in [5.74, 6) is -0.104. The Hall–Kier alpha value is -2.43. The molecular formula is C13H15F3N6O2. The Kier molecular flexibility index (Phi) is 4.03. The predicted octanol–water partition coefficient (Wildman–Crippen LogP) is 0.781. The molecule has 0 radical (unpaired) electrons. The van der Waals surface area contributed by atoms with Gasteiger partial charge in [0.15, 0.2) is 11.5 Å². The molecule has 3 heterocycles. The van der Waals surface area contributed by atoms with Crippen molar-refractivity contribution in [2.75, 3.05) is 19.8 Å². The monoisotopic (exact) mass is 344 g/mol. The topological polar surface area (TPSA) is 78.1 Å². The molecule has 8 nitrogen and oxygen atoms in total. The Morgan fingerprint density at radius 2 is 2.08 bits per heavy atom. The number of hydrogen-bond donors (Lipinski definition) is 0. The van der Waals surface area contributed by atoms with Crippen LogP contribution in [-0.4, -0.2) is 55.1 Å². The highest BCUT2D eigenvalue weighted by atomic mass is 19.4. The average Bonchev–Trinajstić information content (AvgIpc) is 3.12. The van der Waals surface area contributed by atoms with Crippen molar-refractivity contribution in [3.63, 3.8) is 0 Å². The highest BCUT2D eigenvalue weighted by Crippen LogP contribution is 2.30. The van der Waals surface area contributed by atoms with E-state index in [2.05, 4.69) is 15.2 Å². The van der Waals surface area contributed by atoms with Crippen LogP contribution in [0, 0.1) is 0 Å². The molecule has 0 aliphatic carbocycles. The zero-order valence-corrected chi connectivity index (χ0v) is 13.0. The molecule has 1 aliphatic heterocycles. The number of rotatable bonds is 2. The molecule has 0 spiro atoms. The summed E-state index contributed by atoms with van der Waals surface area (Å²) in [7, 11) is 2.82. The van der Waals surface area contributed by atoms with Gasteiger partial charge in [-0.25, -0.2) is 4.98 Å². The fourth-order valence-electron chi connectivity index (χ4n) is 2.65. The van der Waals surface area contributed by atoms with Crippen LogP contribution in [0.5, 0.6) is 0 Å². The predicted molar refractivity (Wildman–Crippen MR) is 73.8 cm³/mol. The maximum atomic E-state index is 12.9. The number of nitrogens with zero attached hydrogens (tertiary/aromatic N) is 6. The first-order chi connectivity index (χ1) is 11.3. The van der Waals surface area contributed by atoms with E-state index in [1.165, 1.54) is 15.9 Å². The number of ether oxygens (including phenoxy) is 1. The Balaban J connectivity index is 1.92. The first kappa shape index (κ1) is 16.4. The maximum absolute atomic E-state index is 12.9. The first-order valence-electron chi connectivity index (χ1n) is 7.13. The smallest absolute Gasteiger partial charge is 0.377 e. The van der Waals surface area contributed by atoms with Gasteiger partial charge >= 0.3 is 6.18 Å². The van der Waals surface area contributed by atoms with Crippen molar-refractivity contribution in [1.29, 1.82) is 0 Å². The zero-order chi connectivity index (χ0) is 17.5. The lowest BCUT2D eigenvalue weighted by Gasteiger charge is -2.34. The lowest BCUT2D eigenvalue weighted by molar-refractivity contribution is -0.143. The molecule has 1 unspecified atom stereocenters. The molecule has 0 bridgehead atoms. The van der Waals surface area contributed by atoms with Gasteiger partial charge in [0, 0.05) is 26.7 Å². The van der Waals surface area contributed by atoms with E-state index in [9.17, 15) is 18.0 Å². The Morgan fingerprint density at radius 3 is 2.67 bits per heavy atom. The van der Waals surface area contributed by atoms with Crippen molar-refractivity contribution in [2.45, 2.75) is 12.2 Å². The van der Waals surface area contributed by atoms with Crippen molar-refractivity contribution in [3.8, 4) is 0 Å². The van der Waals surface area contributed by atoms with Gasteiger partial charge in [-0.1, -0.05) is 0 Å². The fraction of sp³-hybridized carbons (Fsp3) is 0.538. The van der Waals surface area contributed by atoms with Crippen LogP contribution in [-0.2, 0) is 25.0 Å². The molecule has 1 saturated heterocycles. The second-order valence-corrected chi connectivity index (χ2v) is 5.37. The second kappa shape index (κ2) is 5.89. The van der Waals surface area contributed by atoms with Gasteiger partial charge in [0.2, 0.25) is 0 Å². The molecule has 130 valence electrons. The quantitative estimate of drug-likeness (QED) is 0.805. The van der Waals surface area contributed by atoms with Gasteiger partial charge in [0.05, 0.1) is 13.2 Å². The summed E-state index contributed by atoms with van der Waals surface area (Å²) in [6, 6.07) is 0.223. The van der Waals surface area contributed by atoms with Crippen molar-refractivity contribution < 1.29 is 22.7 Å². The number of morpholine rings is 1. The van der Waals surface area contributed by atoms with E-state index in [4.69, 9.17) is 4.74 Å². The van der Waals surface area contributed by atoms with Gasteiger partial charge in [-0.15, -0.1) is 0 Å². The molecule has 1 atom stereocenters. The van der Waals surface area contributed by atoms with Crippen LogP contribution in [0.2, 0.25) is 0 Å². The molecule has 3 rings (SSSR count). The van der Waals surface area contributed by atoms with Crippen LogP contribution in [0.1, 0.15) is 28.0 Å². The number of aryl methyl sites for hydroxylation is 2. The molecule has 0 aromatic carbocycles. The van der Waals surface area contributed by atoms with Crippen LogP contribution in [0.25, 0.3) is 0 Å². The lowest BCUT2D eigenvalue weighted by atomic mass is 10.2. The highest BCUT2D eigenvalue weighted by Gasteiger charge is 2.38. The van der Waals surface area contributed by atoms with Crippen molar-refractivity contribution in [1.82, 2.24) is 29.4 Å². The van der Waals surface area contributed by atoms with Gasteiger partial charge < -0.3 is 9.64 Å². The minimum absolute atomic E-state index is 0.192. The van der Waals surface area contributed by atoms with Crippen LogP contribution < -0.4 is 0 Å². The second-order valence-electron chi connectivity index (χ2n) is 5.37. The largest absolute Gasteiger partial charge is 0.433 e. The standard InChI is InChI=1S/C13H15F3N6O2/c1-20-10(13(14,15)16)5-8(19-20)12(23)22-3-4-24-6-9(22)11-17-7-18-21(11)2/h5,7,9H,3-4,6H2,1-2H3. The minimum Gasteiger partial charge on any atom is -0.377 e. The van der Waals surface area contributed by atoms with Crippen molar-refractivity contribution >= 4 is 5.91 Å². The summed E-state index contributed by atoms with van der Waals surface area (Å²) in [6.45, 7) is 0.713. The fourth-order valence-corrected chi connectivity index (χ4v) is 2.65. The third-order valence-corrected chi connectivity index (χ3v) is 3.82. The molecule has 0 saturated carbocycles. The highest BCUT2D eigenvalue weighted by molar-refractivity contribution is 5.92. The SMILES string of the molecule is Cn1nc(C(=O)N2CCOCC2c2ncnn2C)cc1C(F)(F)F. The number of halogens is 3. The number of aromatic nitrogens is 5. The number of alkyl halides is 3. The van der Waals surface area contributed by atoms with E-state index in [0.29, 0.717) is 17.1 Å². The number of hydrogen-bond acceptors (Lipinski definition) is 5. The number of carbonyl (C=O) groups is 1. The molecule has 1 aliphatic rings. The van der Waals surface area contributed by atoms with E-state index >= 15 is 0 Å². The summed E-state index contributed by atoms with van der Waals surface area (Å²) in [5, 5.41) is 7.66. The van der Waals surface area contributed by atoms with Gasteiger partial charge in [-0.3, -0.25) is 14.2 Å². The molecule has 0 N–H and O–H groups in total. The normalized spacial score (nSPS) is 18.9. The van der Waals surface area contributed by atoms with Crippen molar-refractivity contribution in [2.24, 2.45) is 14.1 Å². The molecule has 11 heteroatoms. The van der Waals surface area contributed by atoms with E-state index in [1.54, 1.807) is 7.05 Å². The molecule has 2 aromatic heterocycles. The van der Waals surface area contributed by atoms with Crippen LogP contribution >= 0.6 is 0 Å². The summed E-state index contributed by atoms with van der Waals surface area (Å²) >= 11 is 0. The molecular weight excluding hydrogens is 329 g/mol. The third kappa shape index (κ3) is 2.86. The number of amides is 1. The van der Waals surface area contributed by atoms with E-state index in [1.807, 2.05) is 0 Å². The molecule has 1 amide bonds. The van der Waals surface area contributed by atoms with Gasteiger partial charge in [-0.2, -0.15) is 23.4 Å². The van der Waals surface area contributed by atoms with Gasteiger partial charge in [0.25, 0.3) is 5.91 Å². The van der Waals surface area contributed by atoms with Crippen molar-refractivity contribution in [3.05, 3.63) is 29.6 Å².